The fraction of sp³-hybridized carbons (Fsp3) is 0.152. The summed E-state index contributed by atoms with van der Waals surface area (Å²) >= 11 is 7.36. The lowest BCUT2D eigenvalue weighted by Crippen LogP contribution is -2.31. The van der Waals surface area contributed by atoms with Crippen molar-refractivity contribution in [2.75, 3.05) is 18.1 Å². The highest BCUT2D eigenvalue weighted by Crippen LogP contribution is 2.36. The maximum absolute atomic E-state index is 13.3. The zero-order chi connectivity index (χ0) is 31.2. The van der Waals surface area contributed by atoms with Crippen molar-refractivity contribution < 1.29 is 28.7 Å². The number of hydrogen-bond acceptors (Lipinski definition) is 9. The van der Waals surface area contributed by atoms with Crippen LogP contribution in [0.3, 0.4) is 0 Å². The number of anilines is 1. The molecular weight excluding hydrogens is 602 g/mol. The monoisotopic (exact) mass is 625 g/mol. The molecule has 11 heteroatoms. The van der Waals surface area contributed by atoms with Crippen LogP contribution in [0, 0.1) is 11.3 Å². The molecule has 2 amide bonds. The van der Waals surface area contributed by atoms with Crippen LogP contribution < -0.4 is 9.64 Å². The number of esters is 1. The molecule has 1 fully saturated rings. The van der Waals surface area contributed by atoms with Gasteiger partial charge in [0.15, 0.2) is 12.4 Å². The number of ether oxygens (including phenoxy) is 2. The van der Waals surface area contributed by atoms with Crippen LogP contribution in [0.2, 0.25) is 5.02 Å². The highest BCUT2D eigenvalue weighted by Gasteiger charge is 2.41. The standard InChI is InChI=1S/C33H24ClN3O6S/c1-2-42-24-14-9-20(10-15-24)28(38)19-43-33(41)21-7-12-23(13-8-21)37-30(39)17-29(32(37)40)44-31-22(18-35)11-16-27(36-31)25-5-3-4-6-26(25)34/h3-16,29H,2,17,19H2,1H3. The number of halogens is 1. The Hall–Kier alpha value is -4.98. The Morgan fingerprint density at radius 2 is 1.70 bits per heavy atom. The van der Waals surface area contributed by atoms with Crippen molar-refractivity contribution in [1.29, 1.82) is 5.26 Å². The maximum atomic E-state index is 13.3. The first-order chi connectivity index (χ1) is 21.3. The summed E-state index contributed by atoms with van der Waals surface area (Å²) in [5.41, 5.74) is 2.29. The zero-order valence-corrected chi connectivity index (χ0v) is 24.9. The summed E-state index contributed by atoms with van der Waals surface area (Å²) in [6.45, 7) is 1.91. The van der Waals surface area contributed by atoms with E-state index in [1.165, 1.54) is 24.3 Å². The molecule has 0 N–H and O–H groups in total. The van der Waals surface area contributed by atoms with Gasteiger partial charge in [-0.3, -0.25) is 14.4 Å². The molecule has 3 aromatic carbocycles. The summed E-state index contributed by atoms with van der Waals surface area (Å²) in [5.74, 6) is -1.36. The van der Waals surface area contributed by atoms with Crippen LogP contribution >= 0.6 is 23.4 Å². The molecule has 0 spiro atoms. The molecular formula is C33H24ClN3O6S. The second kappa shape index (κ2) is 13.5. The van der Waals surface area contributed by atoms with Crippen molar-refractivity contribution in [2.24, 2.45) is 0 Å². The molecule has 0 aliphatic carbocycles. The molecule has 44 heavy (non-hydrogen) atoms. The van der Waals surface area contributed by atoms with Crippen molar-refractivity contribution in [3.05, 3.63) is 107 Å². The van der Waals surface area contributed by atoms with Crippen LogP contribution in [0.15, 0.2) is 90.0 Å². The first-order valence-electron chi connectivity index (χ1n) is 13.5. The molecule has 0 bridgehead atoms. The smallest absolute Gasteiger partial charge is 0.338 e. The molecule has 1 aromatic heterocycles. The summed E-state index contributed by atoms with van der Waals surface area (Å²) in [6.07, 6.45) is -0.0934. The Bertz CT molecular complexity index is 1790. The number of nitriles is 1. The third-order valence-electron chi connectivity index (χ3n) is 6.67. The molecule has 4 aromatic rings. The Morgan fingerprint density at radius 1 is 1.00 bits per heavy atom. The largest absolute Gasteiger partial charge is 0.494 e. The number of pyridine rings is 1. The molecule has 5 rings (SSSR count). The number of carbonyl (C=O) groups excluding carboxylic acids is 4. The predicted molar refractivity (Wildman–Crippen MR) is 165 cm³/mol. The molecule has 1 aliphatic rings. The van der Waals surface area contributed by atoms with Crippen molar-refractivity contribution in [1.82, 2.24) is 4.98 Å². The van der Waals surface area contributed by atoms with Crippen LogP contribution in [-0.4, -0.2) is 47.0 Å². The Labute approximate surface area is 262 Å². The quantitative estimate of drug-likeness (QED) is 0.116. The third-order valence-corrected chi connectivity index (χ3v) is 8.19. The van der Waals surface area contributed by atoms with Crippen molar-refractivity contribution in [3.8, 4) is 23.1 Å². The molecule has 0 radical (unpaired) electrons. The second-order valence-corrected chi connectivity index (χ2v) is 11.1. The third kappa shape index (κ3) is 6.64. The second-order valence-electron chi connectivity index (χ2n) is 9.52. The SMILES string of the molecule is CCOc1ccc(C(=O)COC(=O)c2ccc(N3C(=O)CC(Sc4nc(-c5ccccc5Cl)ccc4C#N)C3=O)cc2)cc1. The average Bonchev–Trinajstić information content (AvgIpc) is 3.32. The topological polar surface area (TPSA) is 127 Å². The molecule has 9 nitrogen and oxygen atoms in total. The lowest BCUT2D eigenvalue weighted by molar-refractivity contribution is -0.121. The van der Waals surface area contributed by atoms with Gasteiger partial charge in [0.2, 0.25) is 11.8 Å². The minimum Gasteiger partial charge on any atom is -0.494 e. The number of amides is 2. The van der Waals surface area contributed by atoms with E-state index in [9.17, 15) is 24.4 Å². The van der Waals surface area contributed by atoms with Gasteiger partial charge in [-0.15, -0.1) is 0 Å². The first-order valence-corrected chi connectivity index (χ1v) is 14.8. The lowest BCUT2D eigenvalue weighted by atomic mass is 10.1. The summed E-state index contributed by atoms with van der Waals surface area (Å²) in [4.78, 5) is 56.9. The van der Waals surface area contributed by atoms with E-state index in [2.05, 4.69) is 11.1 Å². The summed E-state index contributed by atoms with van der Waals surface area (Å²) in [5, 5.41) is 9.63. The number of rotatable bonds is 10. The van der Waals surface area contributed by atoms with Gasteiger partial charge >= 0.3 is 5.97 Å². The number of thioether (sulfide) groups is 1. The summed E-state index contributed by atoms with van der Waals surface area (Å²) in [6, 6.07) is 24.8. The van der Waals surface area contributed by atoms with Crippen LogP contribution in [-0.2, 0) is 14.3 Å². The van der Waals surface area contributed by atoms with E-state index in [1.54, 1.807) is 54.6 Å². The molecule has 1 saturated heterocycles. The normalized spacial score (nSPS) is 14.3. The van der Waals surface area contributed by atoms with E-state index >= 15 is 0 Å². The van der Waals surface area contributed by atoms with Gasteiger partial charge in [0, 0.05) is 22.6 Å². The predicted octanol–water partition coefficient (Wildman–Crippen LogP) is 6.14. The van der Waals surface area contributed by atoms with Gasteiger partial charge in [-0.2, -0.15) is 5.26 Å². The van der Waals surface area contributed by atoms with Gasteiger partial charge in [0.25, 0.3) is 0 Å². The van der Waals surface area contributed by atoms with Gasteiger partial charge in [-0.1, -0.05) is 41.6 Å². The maximum Gasteiger partial charge on any atom is 0.338 e. The number of benzene rings is 3. The van der Waals surface area contributed by atoms with Crippen LogP contribution in [0.1, 0.15) is 39.6 Å². The fourth-order valence-electron chi connectivity index (χ4n) is 4.48. The number of aromatic nitrogens is 1. The van der Waals surface area contributed by atoms with Crippen molar-refractivity contribution >= 4 is 52.6 Å². The Balaban J connectivity index is 1.24. The van der Waals surface area contributed by atoms with Gasteiger partial charge in [0.05, 0.1) is 34.4 Å². The zero-order valence-electron chi connectivity index (χ0n) is 23.4. The number of nitrogens with zero attached hydrogens (tertiary/aromatic N) is 3. The van der Waals surface area contributed by atoms with E-state index < -0.39 is 29.6 Å². The van der Waals surface area contributed by atoms with E-state index in [1.807, 2.05) is 13.0 Å². The highest BCUT2D eigenvalue weighted by atomic mass is 35.5. The number of carbonyl (C=O) groups is 4. The van der Waals surface area contributed by atoms with Gasteiger partial charge < -0.3 is 9.47 Å². The van der Waals surface area contributed by atoms with Gasteiger partial charge in [-0.05, 0) is 73.7 Å². The minimum absolute atomic E-state index is 0.0934. The van der Waals surface area contributed by atoms with Gasteiger partial charge in [0.1, 0.15) is 16.8 Å². The Kier molecular flexibility index (Phi) is 9.38. The van der Waals surface area contributed by atoms with Crippen LogP contribution in [0.5, 0.6) is 5.75 Å². The minimum atomic E-state index is -0.804. The number of imide groups is 1. The van der Waals surface area contributed by atoms with E-state index in [0.717, 1.165) is 16.7 Å². The lowest BCUT2D eigenvalue weighted by Gasteiger charge is -2.15. The van der Waals surface area contributed by atoms with Crippen molar-refractivity contribution in [2.45, 2.75) is 23.6 Å². The average molecular weight is 626 g/mol. The molecule has 220 valence electrons. The number of hydrogen-bond donors (Lipinski definition) is 0. The van der Waals surface area contributed by atoms with E-state index in [4.69, 9.17) is 21.1 Å². The highest BCUT2D eigenvalue weighted by molar-refractivity contribution is 8.00. The van der Waals surface area contributed by atoms with Crippen LogP contribution in [0.25, 0.3) is 11.3 Å². The summed E-state index contributed by atoms with van der Waals surface area (Å²) in [7, 11) is 0. The number of Topliss-reactive ketones (excluding diaryl/α,β-unsaturated/α-hetero) is 1. The molecule has 1 aliphatic heterocycles. The number of ketones is 1. The fourth-order valence-corrected chi connectivity index (χ4v) is 5.81. The molecule has 2 heterocycles. The summed E-state index contributed by atoms with van der Waals surface area (Å²) < 4.78 is 10.5. The Morgan fingerprint density at radius 3 is 2.39 bits per heavy atom. The van der Waals surface area contributed by atoms with Crippen molar-refractivity contribution in [3.63, 3.8) is 0 Å². The first kappa shape index (κ1) is 30.5. The molecule has 0 saturated carbocycles. The van der Waals surface area contributed by atoms with Gasteiger partial charge in [-0.25, -0.2) is 14.7 Å². The molecule has 1 unspecified atom stereocenters. The van der Waals surface area contributed by atoms with E-state index in [-0.39, 0.29) is 29.0 Å². The molecule has 1 atom stereocenters. The van der Waals surface area contributed by atoms with Crippen LogP contribution in [0.4, 0.5) is 5.69 Å². The van der Waals surface area contributed by atoms with E-state index in [0.29, 0.717) is 39.2 Å².